The lowest BCUT2D eigenvalue weighted by Crippen LogP contribution is -2.41. The molecule has 2 aliphatic heterocycles. The molecule has 2 fully saturated rings. The van der Waals surface area contributed by atoms with Crippen LogP contribution in [0, 0.1) is 0 Å². The number of rotatable bonds is 4. The van der Waals surface area contributed by atoms with Gasteiger partial charge in [0.25, 0.3) is 6.48 Å². The van der Waals surface area contributed by atoms with Crippen molar-refractivity contribution in [1.29, 1.82) is 0 Å². The van der Waals surface area contributed by atoms with Gasteiger partial charge in [-0.25, -0.2) is 0 Å². The zero-order valence-electron chi connectivity index (χ0n) is 9.18. The maximum absolute atomic E-state index is 5.58. The molecular weight excluding hydrogens is 198 g/mol. The second kappa shape index (κ2) is 5.77. The van der Waals surface area contributed by atoms with Gasteiger partial charge in [0, 0.05) is 26.2 Å². The highest BCUT2D eigenvalue weighted by atomic mass is 16.9. The van der Waals surface area contributed by atoms with Gasteiger partial charge in [0.15, 0.2) is 0 Å². The summed E-state index contributed by atoms with van der Waals surface area (Å²) in [7, 11) is 0. The molecule has 2 aliphatic rings. The Kier molecular flexibility index (Phi) is 4.34. The van der Waals surface area contributed by atoms with Gasteiger partial charge in [-0.15, -0.1) is 0 Å². The zero-order chi connectivity index (χ0) is 10.5. The molecular formula is C10H19NO4. The molecule has 0 aliphatic carbocycles. The van der Waals surface area contributed by atoms with E-state index in [0.29, 0.717) is 13.2 Å². The Labute approximate surface area is 90.2 Å². The third kappa shape index (κ3) is 3.39. The Balaban J connectivity index is 1.67. The van der Waals surface area contributed by atoms with Crippen LogP contribution < -0.4 is 0 Å². The normalized spacial score (nSPS) is 33.4. The molecule has 0 aromatic rings. The molecule has 0 N–H and O–H groups in total. The summed E-state index contributed by atoms with van der Waals surface area (Å²) >= 11 is 0. The van der Waals surface area contributed by atoms with Crippen molar-refractivity contribution in [3.8, 4) is 0 Å². The van der Waals surface area contributed by atoms with Crippen LogP contribution in [0.2, 0.25) is 0 Å². The Bertz CT molecular complexity index is 184. The molecule has 2 saturated heterocycles. The zero-order valence-corrected chi connectivity index (χ0v) is 9.18. The summed E-state index contributed by atoms with van der Waals surface area (Å²) in [5, 5.41) is 0. The molecule has 88 valence electrons. The van der Waals surface area contributed by atoms with Crippen LogP contribution in [0.5, 0.6) is 0 Å². The van der Waals surface area contributed by atoms with Gasteiger partial charge >= 0.3 is 0 Å². The molecule has 15 heavy (non-hydrogen) atoms. The lowest BCUT2D eigenvalue weighted by molar-refractivity contribution is -0.235. The molecule has 0 radical (unpaired) electrons. The van der Waals surface area contributed by atoms with Crippen molar-refractivity contribution in [3.63, 3.8) is 0 Å². The molecule has 2 unspecified atom stereocenters. The highest BCUT2D eigenvalue weighted by molar-refractivity contribution is 4.70. The van der Waals surface area contributed by atoms with Crippen LogP contribution >= 0.6 is 0 Å². The van der Waals surface area contributed by atoms with Gasteiger partial charge in [0.2, 0.25) is 0 Å². The van der Waals surface area contributed by atoms with E-state index in [1.807, 2.05) is 6.92 Å². The van der Waals surface area contributed by atoms with Crippen molar-refractivity contribution in [3.05, 3.63) is 0 Å². The quantitative estimate of drug-likeness (QED) is 0.665. The molecule has 0 aromatic heterocycles. The number of morpholine rings is 1. The van der Waals surface area contributed by atoms with E-state index in [9.17, 15) is 0 Å². The summed E-state index contributed by atoms with van der Waals surface area (Å²) in [5.41, 5.74) is 0. The lowest BCUT2D eigenvalue weighted by Gasteiger charge is -2.28. The summed E-state index contributed by atoms with van der Waals surface area (Å²) in [4.78, 5) is 2.34. The Morgan fingerprint density at radius 3 is 2.87 bits per heavy atom. The van der Waals surface area contributed by atoms with Crippen LogP contribution in [0.25, 0.3) is 0 Å². The molecule has 0 amide bonds. The summed E-state index contributed by atoms with van der Waals surface area (Å²) in [5.74, 6) is 0. The first kappa shape index (κ1) is 11.3. The van der Waals surface area contributed by atoms with E-state index in [1.165, 1.54) is 0 Å². The molecule has 0 saturated carbocycles. The lowest BCUT2D eigenvalue weighted by atomic mass is 10.3. The number of ether oxygens (including phenoxy) is 4. The number of hydrogen-bond donors (Lipinski definition) is 0. The summed E-state index contributed by atoms with van der Waals surface area (Å²) < 4.78 is 21.4. The predicted octanol–water partition coefficient (Wildman–Crippen LogP) is 0.0541. The molecule has 2 rings (SSSR count). The average Bonchev–Trinajstić information content (AvgIpc) is 2.68. The maximum Gasteiger partial charge on any atom is 0.272 e. The summed E-state index contributed by atoms with van der Waals surface area (Å²) in [6.07, 6.45) is 0.139. The first-order valence-corrected chi connectivity index (χ1v) is 5.57. The monoisotopic (exact) mass is 217 g/mol. The molecule has 5 nitrogen and oxygen atoms in total. The number of nitrogens with zero attached hydrogens (tertiary/aromatic N) is 1. The fourth-order valence-electron chi connectivity index (χ4n) is 1.81. The van der Waals surface area contributed by atoms with Gasteiger partial charge in [-0.05, 0) is 6.92 Å². The molecule has 2 heterocycles. The fraction of sp³-hybridized carbons (Fsp3) is 1.00. The van der Waals surface area contributed by atoms with Crippen molar-refractivity contribution < 1.29 is 18.9 Å². The van der Waals surface area contributed by atoms with E-state index in [-0.39, 0.29) is 6.10 Å². The van der Waals surface area contributed by atoms with E-state index in [2.05, 4.69) is 4.90 Å². The van der Waals surface area contributed by atoms with Gasteiger partial charge in [-0.1, -0.05) is 0 Å². The first-order valence-electron chi connectivity index (χ1n) is 5.57. The van der Waals surface area contributed by atoms with Crippen molar-refractivity contribution in [2.75, 3.05) is 46.1 Å². The Hall–Kier alpha value is -0.200. The molecule has 0 bridgehead atoms. The minimum atomic E-state index is -0.457. The van der Waals surface area contributed by atoms with Gasteiger partial charge in [0.1, 0.15) is 0 Å². The molecule has 2 atom stereocenters. The van der Waals surface area contributed by atoms with Crippen LogP contribution in [0.3, 0.4) is 0 Å². The van der Waals surface area contributed by atoms with Crippen LogP contribution in [-0.4, -0.2) is 63.5 Å². The second-order valence-corrected chi connectivity index (χ2v) is 3.75. The van der Waals surface area contributed by atoms with Crippen molar-refractivity contribution in [2.24, 2.45) is 0 Å². The smallest absolute Gasteiger partial charge is 0.272 e. The maximum atomic E-state index is 5.58. The van der Waals surface area contributed by atoms with Crippen LogP contribution in [-0.2, 0) is 18.9 Å². The van der Waals surface area contributed by atoms with E-state index in [4.69, 9.17) is 18.9 Å². The summed E-state index contributed by atoms with van der Waals surface area (Å²) in [6.45, 7) is 7.25. The Morgan fingerprint density at radius 1 is 1.33 bits per heavy atom. The third-order valence-electron chi connectivity index (χ3n) is 2.59. The minimum absolute atomic E-state index is 0.139. The van der Waals surface area contributed by atoms with E-state index in [1.54, 1.807) is 0 Å². The number of hydrogen-bond acceptors (Lipinski definition) is 5. The van der Waals surface area contributed by atoms with E-state index < -0.39 is 6.48 Å². The topological polar surface area (TPSA) is 40.2 Å². The molecule has 5 heteroatoms. The largest absolute Gasteiger partial charge is 0.379 e. The van der Waals surface area contributed by atoms with Crippen LogP contribution in [0.15, 0.2) is 0 Å². The third-order valence-corrected chi connectivity index (χ3v) is 2.59. The van der Waals surface area contributed by atoms with Crippen molar-refractivity contribution in [1.82, 2.24) is 4.90 Å². The van der Waals surface area contributed by atoms with E-state index in [0.717, 1.165) is 32.8 Å². The van der Waals surface area contributed by atoms with Gasteiger partial charge in [-0.3, -0.25) is 4.90 Å². The minimum Gasteiger partial charge on any atom is -0.379 e. The second-order valence-electron chi connectivity index (χ2n) is 3.75. The highest BCUT2D eigenvalue weighted by Crippen LogP contribution is 2.14. The average molecular weight is 217 g/mol. The predicted molar refractivity (Wildman–Crippen MR) is 53.5 cm³/mol. The van der Waals surface area contributed by atoms with Gasteiger partial charge in [-0.2, -0.15) is 0 Å². The standard InChI is InChI=1S/C10H19NO4/c1-2-13-10-14-8-9(15-10)7-11-3-5-12-6-4-11/h9-10H,2-8H2,1H3. The SMILES string of the molecule is CCOC1OCC(CN2CCOCC2)O1. The fourth-order valence-corrected chi connectivity index (χ4v) is 1.81. The van der Waals surface area contributed by atoms with Crippen molar-refractivity contribution in [2.45, 2.75) is 19.5 Å². The first-order chi connectivity index (χ1) is 7.38. The van der Waals surface area contributed by atoms with Crippen LogP contribution in [0.4, 0.5) is 0 Å². The molecule has 0 aromatic carbocycles. The summed E-state index contributed by atoms with van der Waals surface area (Å²) in [6, 6.07) is 0. The molecule has 0 spiro atoms. The van der Waals surface area contributed by atoms with Crippen LogP contribution in [0.1, 0.15) is 6.92 Å². The highest BCUT2D eigenvalue weighted by Gasteiger charge is 2.28. The van der Waals surface area contributed by atoms with Crippen molar-refractivity contribution >= 4 is 0 Å². The van der Waals surface area contributed by atoms with Gasteiger partial charge < -0.3 is 18.9 Å². The van der Waals surface area contributed by atoms with E-state index >= 15 is 0 Å². The van der Waals surface area contributed by atoms with Gasteiger partial charge in [0.05, 0.1) is 25.9 Å². The Morgan fingerprint density at radius 2 is 2.13 bits per heavy atom.